The molecule has 1 saturated heterocycles. The summed E-state index contributed by atoms with van der Waals surface area (Å²) in [6.07, 6.45) is 0. The van der Waals surface area contributed by atoms with E-state index in [-0.39, 0.29) is 11.7 Å². The smallest absolute Gasteiger partial charge is 0.275 e. The molecule has 0 atom stereocenters. The molecular weight excluding hydrogens is 389 g/mol. The number of hydrogen-bond donors (Lipinski definition) is 1. The number of hydrogen-bond acceptors (Lipinski definition) is 5. The van der Waals surface area contributed by atoms with Crippen molar-refractivity contribution in [3.05, 3.63) is 70.5 Å². The van der Waals surface area contributed by atoms with Gasteiger partial charge in [0.1, 0.15) is 16.5 Å². The van der Waals surface area contributed by atoms with E-state index >= 15 is 0 Å². The average Bonchev–Trinajstić information content (AvgIpc) is 3.12. The Morgan fingerprint density at radius 1 is 1.14 bits per heavy atom. The number of carbonyl (C=O) groups is 1. The molecule has 1 aromatic heterocycles. The fraction of sp³-hybridized carbons (Fsp3) is 0.273. The Hall–Kier alpha value is -2.61. The monoisotopic (exact) mass is 411 g/mol. The number of ether oxygens (including phenoxy) is 1. The minimum atomic E-state index is -0.294. The Kier molecular flexibility index (Phi) is 5.99. The second-order valence-electron chi connectivity index (χ2n) is 6.97. The van der Waals surface area contributed by atoms with Crippen molar-refractivity contribution in [2.45, 2.75) is 13.5 Å². The van der Waals surface area contributed by atoms with E-state index in [9.17, 15) is 9.18 Å². The lowest BCUT2D eigenvalue weighted by molar-refractivity contribution is 0.0342. The van der Waals surface area contributed by atoms with Gasteiger partial charge in [-0.05, 0) is 48.9 Å². The standard InChI is InChI=1S/C22H22FN3O2S/c1-15-20(25-22(29-15)17-4-6-18(23)7-5-17)21(27)24-19-8-2-16(3-9-19)14-26-10-12-28-13-11-26/h2-9H,10-14H2,1H3,(H,24,27). The van der Waals surface area contributed by atoms with Crippen LogP contribution in [-0.4, -0.2) is 42.1 Å². The molecule has 1 amide bonds. The van der Waals surface area contributed by atoms with Crippen molar-refractivity contribution in [2.75, 3.05) is 31.6 Å². The van der Waals surface area contributed by atoms with Crippen molar-refractivity contribution in [3.8, 4) is 10.6 Å². The molecule has 7 heteroatoms. The number of anilines is 1. The fourth-order valence-corrected chi connectivity index (χ4v) is 4.14. The minimum absolute atomic E-state index is 0.243. The van der Waals surface area contributed by atoms with Crippen LogP contribution in [0, 0.1) is 12.7 Å². The third kappa shape index (κ3) is 4.87. The van der Waals surface area contributed by atoms with Crippen molar-refractivity contribution in [1.82, 2.24) is 9.88 Å². The number of nitrogens with zero attached hydrogens (tertiary/aromatic N) is 2. The number of aromatic nitrogens is 1. The van der Waals surface area contributed by atoms with Gasteiger partial charge < -0.3 is 10.1 Å². The molecule has 4 rings (SSSR count). The molecule has 0 bridgehead atoms. The molecule has 1 N–H and O–H groups in total. The van der Waals surface area contributed by atoms with Crippen molar-refractivity contribution < 1.29 is 13.9 Å². The molecule has 0 spiro atoms. The van der Waals surface area contributed by atoms with Crippen LogP contribution in [0.4, 0.5) is 10.1 Å². The largest absolute Gasteiger partial charge is 0.379 e. The third-order valence-corrected chi connectivity index (χ3v) is 5.84. The lowest BCUT2D eigenvalue weighted by Gasteiger charge is -2.26. The molecule has 1 fully saturated rings. The lowest BCUT2D eigenvalue weighted by atomic mass is 10.2. The van der Waals surface area contributed by atoms with E-state index < -0.39 is 0 Å². The van der Waals surface area contributed by atoms with E-state index in [0.717, 1.165) is 49.0 Å². The van der Waals surface area contributed by atoms with Crippen LogP contribution < -0.4 is 5.32 Å². The van der Waals surface area contributed by atoms with E-state index in [1.54, 1.807) is 12.1 Å². The highest BCUT2D eigenvalue weighted by Gasteiger charge is 2.17. The Labute approximate surface area is 173 Å². The first-order valence-electron chi connectivity index (χ1n) is 9.52. The SMILES string of the molecule is Cc1sc(-c2ccc(F)cc2)nc1C(=O)Nc1ccc(CN2CCOCC2)cc1. The second kappa shape index (κ2) is 8.82. The zero-order valence-electron chi connectivity index (χ0n) is 16.2. The summed E-state index contributed by atoms with van der Waals surface area (Å²) < 4.78 is 18.5. The maximum atomic E-state index is 13.1. The summed E-state index contributed by atoms with van der Waals surface area (Å²) in [5.41, 5.74) is 3.13. The van der Waals surface area contributed by atoms with Crippen LogP contribution in [0.5, 0.6) is 0 Å². The van der Waals surface area contributed by atoms with E-state index in [2.05, 4.69) is 15.2 Å². The molecular formula is C22H22FN3O2S. The number of nitrogens with one attached hydrogen (secondary N) is 1. The first-order chi connectivity index (χ1) is 14.1. The zero-order chi connectivity index (χ0) is 20.2. The van der Waals surface area contributed by atoms with Crippen LogP contribution in [0.15, 0.2) is 48.5 Å². The predicted octanol–water partition coefficient (Wildman–Crippen LogP) is 4.34. The van der Waals surface area contributed by atoms with E-state index in [4.69, 9.17) is 4.74 Å². The Bertz CT molecular complexity index is 980. The van der Waals surface area contributed by atoms with Crippen LogP contribution in [0.3, 0.4) is 0 Å². The van der Waals surface area contributed by atoms with Crippen LogP contribution in [0.2, 0.25) is 0 Å². The number of halogens is 1. The predicted molar refractivity (Wildman–Crippen MR) is 113 cm³/mol. The molecule has 1 aliphatic heterocycles. The maximum absolute atomic E-state index is 13.1. The van der Waals surface area contributed by atoms with Crippen LogP contribution >= 0.6 is 11.3 Å². The molecule has 0 saturated carbocycles. The van der Waals surface area contributed by atoms with Crippen LogP contribution in [0.1, 0.15) is 20.9 Å². The Morgan fingerprint density at radius 3 is 2.52 bits per heavy atom. The van der Waals surface area contributed by atoms with Crippen molar-refractivity contribution in [2.24, 2.45) is 0 Å². The lowest BCUT2D eigenvalue weighted by Crippen LogP contribution is -2.35. The quantitative estimate of drug-likeness (QED) is 0.679. The molecule has 0 unspecified atom stereocenters. The number of amides is 1. The molecule has 0 radical (unpaired) electrons. The highest BCUT2D eigenvalue weighted by molar-refractivity contribution is 7.15. The highest BCUT2D eigenvalue weighted by atomic mass is 32.1. The Balaban J connectivity index is 1.42. The van der Waals surface area contributed by atoms with Crippen molar-refractivity contribution in [3.63, 3.8) is 0 Å². The summed E-state index contributed by atoms with van der Waals surface area (Å²) in [7, 11) is 0. The van der Waals surface area contributed by atoms with Gasteiger partial charge in [-0.1, -0.05) is 12.1 Å². The highest BCUT2D eigenvalue weighted by Crippen LogP contribution is 2.28. The summed E-state index contributed by atoms with van der Waals surface area (Å²) in [5.74, 6) is -0.537. The van der Waals surface area contributed by atoms with Crippen molar-refractivity contribution in [1.29, 1.82) is 0 Å². The zero-order valence-corrected chi connectivity index (χ0v) is 17.0. The Morgan fingerprint density at radius 2 is 1.83 bits per heavy atom. The maximum Gasteiger partial charge on any atom is 0.275 e. The molecule has 2 heterocycles. The van der Waals surface area contributed by atoms with E-state index in [1.165, 1.54) is 29.0 Å². The van der Waals surface area contributed by atoms with Gasteiger partial charge in [0, 0.05) is 35.8 Å². The number of morpholine rings is 1. The summed E-state index contributed by atoms with van der Waals surface area (Å²) in [5, 5.41) is 3.62. The van der Waals surface area contributed by atoms with Gasteiger partial charge in [0.2, 0.25) is 0 Å². The van der Waals surface area contributed by atoms with Crippen LogP contribution in [-0.2, 0) is 11.3 Å². The molecule has 5 nitrogen and oxygen atoms in total. The molecule has 150 valence electrons. The van der Waals surface area contributed by atoms with Crippen molar-refractivity contribution >= 4 is 22.9 Å². The van der Waals surface area contributed by atoms with Gasteiger partial charge in [-0.15, -0.1) is 11.3 Å². The third-order valence-electron chi connectivity index (χ3n) is 4.82. The number of thiazole rings is 1. The van der Waals surface area contributed by atoms with E-state index in [1.807, 2.05) is 31.2 Å². The normalized spacial score (nSPS) is 14.7. The fourth-order valence-electron chi connectivity index (χ4n) is 3.22. The van der Waals surface area contributed by atoms with Gasteiger partial charge in [0.05, 0.1) is 13.2 Å². The van der Waals surface area contributed by atoms with Crippen LogP contribution in [0.25, 0.3) is 10.6 Å². The molecule has 29 heavy (non-hydrogen) atoms. The first kappa shape index (κ1) is 19.7. The summed E-state index contributed by atoms with van der Waals surface area (Å²) in [6, 6.07) is 14.0. The van der Waals surface area contributed by atoms with Gasteiger partial charge in [0.25, 0.3) is 5.91 Å². The minimum Gasteiger partial charge on any atom is -0.379 e. The van der Waals surface area contributed by atoms with Gasteiger partial charge in [-0.3, -0.25) is 9.69 Å². The summed E-state index contributed by atoms with van der Waals surface area (Å²) in [4.78, 5) is 20.3. The summed E-state index contributed by atoms with van der Waals surface area (Å²) in [6.45, 7) is 6.19. The van der Waals surface area contributed by atoms with Gasteiger partial charge in [-0.25, -0.2) is 9.37 Å². The topological polar surface area (TPSA) is 54.5 Å². The second-order valence-corrected chi connectivity index (χ2v) is 8.17. The summed E-state index contributed by atoms with van der Waals surface area (Å²) >= 11 is 1.42. The van der Waals surface area contributed by atoms with Gasteiger partial charge in [-0.2, -0.15) is 0 Å². The van der Waals surface area contributed by atoms with Gasteiger partial charge >= 0.3 is 0 Å². The first-order valence-corrected chi connectivity index (χ1v) is 10.3. The molecule has 0 aliphatic carbocycles. The molecule has 1 aliphatic rings. The molecule has 3 aromatic rings. The van der Waals surface area contributed by atoms with Gasteiger partial charge in [0.15, 0.2) is 0 Å². The number of aryl methyl sites for hydroxylation is 1. The number of carbonyl (C=O) groups excluding carboxylic acids is 1. The van der Waals surface area contributed by atoms with E-state index in [0.29, 0.717) is 10.7 Å². The average molecular weight is 412 g/mol. The molecule has 2 aromatic carbocycles. The number of benzene rings is 2. The number of rotatable bonds is 5.